The van der Waals surface area contributed by atoms with Gasteiger partial charge in [-0.25, -0.2) is 0 Å². The Kier molecular flexibility index (Phi) is 4.44. The van der Waals surface area contributed by atoms with Gasteiger partial charge in [-0.05, 0) is 38.2 Å². The fourth-order valence-corrected chi connectivity index (χ4v) is 3.24. The van der Waals surface area contributed by atoms with Crippen molar-refractivity contribution in [3.8, 4) is 0 Å². The molecule has 0 amide bonds. The van der Waals surface area contributed by atoms with E-state index in [-0.39, 0.29) is 0 Å². The molecule has 3 atom stereocenters. The predicted octanol–water partition coefficient (Wildman–Crippen LogP) is 2.02. The highest BCUT2D eigenvalue weighted by molar-refractivity contribution is 5.80. The van der Waals surface area contributed by atoms with Crippen LogP contribution in [-0.4, -0.2) is 37.8 Å². The van der Waals surface area contributed by atoms with Crippen molar-refractivity contribution in [3.63, 3.8) is 0 Å². The maximum atomic E-state index is 5.87. The summed E-state index contributed by atoms with van der Waals surface area (Å²) in [5.41, 5.74) is 2.66. The van der Waals surface area contributed by atoms with E-state index in [4.69, 9.17) is 4.74 Å². The summed E-state index contributed by atoms with van der Waals surface area (Å²) < 4.78 is 5.87. The molecule has 0 saturated carbocycles. The molecular weight excluding hydrogens is 262 g/mol. The molecule has 2 aliphatic heterocycles. The number of fused-ring (bicyclic) bond motifs is 2. The first kappa shape index (κ1) is 14.4. The number of aryl methyl sites for hydroxylation is 1. The van der Waals surface area contributed by atoms with Crippen molar-refractivity contribution in [2.75, 3.05) is 13.6 Å². The summed E-state index contributed by atoms with van der Waals surface area (Å²) in [4.78, 5) is 4.32. The molecule has 21 heavy (non-hydrogen) atoms. The quantitative estimate of drug-likeness (QED) is 0.658. The van der Waals surface area contributed by atoms with Crippen LogP contribution < -0.4 is 10.6 Å². The third-order valence-corrected chi connectivity index (χ3v) is 4.48. The molecule has 2 fully saturated rings. The first-order valence-corrected chi connectivity index (χ1v) is 7.93. The van der Waals surface area contributed by atoms with Gasteiger partial charge in [0.2, 0.25) is 0 Å². The number of ether oxygens (including phenoxy) is 1. The van der Waals surface area contributed by atoms with Gasteiger partial charge in [0, 0.05) is 13.6 Å². The van der Waals surface area contributed by atoms with Crippen molar-refractivity contribution in [2.24, 2.45) is 4.99 Å². The molecule has 3 rings (SSSR count). The fourth-order valence-electron chi connectivity index (χ4n) is 3.24. The Morgan fingerprint density at radius 3 is 2.71 bits per heavy atom. The van der Waals surface area contributed by atoms with Crippen molar-refractivity contribution < 1.29 is 4.74 Å². The average Bonchev–Trinajstić information content (AvgIpc) is 3.11. The summed E-state index contributed by atoms with van der Waals surface area (Å²) in [6, 6.07) is 9.13. The third kappa shape index (κ3) is 3.56. The number of hydrogen-bond acceptors (Lipinski definition) is 2. The first-order valence-electron chi connectivity index (χ1n) is 7.93. The zero-order chi connectivity index (χ0) is 14.7. The standard InChI is InChI=1S/C17H25N3O/c1-12-3-5-13(6-4-12)9-10-19-17(18-2)20-15-11-14-7-8-16(15)21-14/h3-6,14-16H,7-11H2,1-2H3,(H2,18,19,20). The normalized spacial score (nSPS) is 27.9. The minimum Gasteiger partial charge on any atom is -0.373 e. The molecule has 1 aromatic carbocycles. The van der Waals surface area contributed by atoms with Gasteiger partial charge < -0.3 is 15.4 Å². The van der Waals surface area contributed by atoms with Crippen LogP contribution in [0.5, 0.6) is 0 Å². The number of hydrogen-bond donors (Lipinski definition) is 2. The molecule has 0 spiro atoms. The average molecular weight is 287 g/mol. The first-order chi connectivity index (χ1) is 10.2. The highest BCUT2D eigenvalue weighted by Crippen LogP contribution is 2.34. The van der Waals surface area contributed by atoms with Crippen molar-refractivity contribution in [1.82, 2.24) is 10.6 Å². The summed E-state index contributed by atoms with van der Waals surface area (Å²) in [6.45, 7) is 3.01. The van der Waals surface area contributed by atoms with Gasteiger partial charge in [0.25, 0.3) is 0 Å². The summed E-state index contributed by atoms with van der Waals surface area (Å²) in [6.07, 6.45) is 5.38. The molecule has 3 unspecified atom stereocenters. The van der Waals surface area contributed by atoms with Crippen LogP contribution in [0.15, 0.2) is 29.3 Å². The molecule has 4 nitrogen and oxygen atoms in total. The Labute approximate surface area is 127 Å². The second kappa shape index (κ2) is 6.48. The largest absolute Gasteiger partial charge is 0.373 e. The molecule has 2 N–H and O–H groups in total. The Hall–Kier alpha value is -1.55. The minimum atomic E-state index is 0.380. The van der Waals surface area contributed by atoms with Crippen LogP contribution >= 0.6 is 0 Å². The third-order valence-electron chi connectivity index (χ3n) is 4.48. The number of benzene rings is 1. The van der Waals surface area contributed by atoms with E-state index in [2.05, 4.69) is 46.8 Å². The van der Waals surface area contributed by atoms with E-state index < -0.39 is 0 Å². The van der Waals surface area contributed by atoms with Gasteiger partial charge in [0.15, 0.2) is 5.96 Å². The zero-order valence-corrected chi connectivity index (χ0v) is 12.9. The van der Waals surface area contributed by atoms with Gasteiger partial charge in [-0.15, -0.1) is 0 Å². The van der Waals surface area contributed by atoms with E-state index in [1.165, 1.54) is 24.0 Å². The van der Waals surface area contributed by atoms with Crippen LogP contribution in [0.3, 0.4) is 0 Å². The zero-order valence-electron chi connectivity index (χ0n) is 12.9. The molecule has 2 aliphatic rings. The summed E-state index contributed by atoms with van der Waals surface area (Å²) >= 11 is 0. The van der Waals surface area contributed by atoms with Crippen LogP contribution in [0.2, 0.25) is 0 Å². The lowest BCUT2D eigenvalue weighted by Crippen LogP contribution is -2.47. The Bertz CT molecular complexity index is 497. The lowest BCUT2D eigenvalue weighted by atomic mass is 9.96. The van der Waals surface area contributed by atoms with Gasteiger partial charge in [-0.2, -0.15) is 0 Å². The van der Waals surface area contributed by atoms with Crippen LogP contribution in [0, 0.1) is 6.92 Å². The van der Waals surface area contributed by atoms with E-state index in [9.17, 15) is 0 Å². The van der Waals surface area contributed by atoms with Gasteiger partial charge in [-0.3, -0.25) is 4.99 Å². The topological polar surface area (TPSA) is 45.7 Å². The highest BCUT2D eigenvalue weighted by atomic mass is 16.5. The molecule has 0 aromatic heterocycles. The van der Waals surface area contributed by atoms with Gasteiger partial charge in [0.05, 0.1) is 18.2 Å². The lowest BCUT2D eigenvalue weighted by Gasteiger charge is -2.22. The number of aliphatic imine (C=N–C) groups is 1. The maximum Gasteiger partial charge on any atom is 0.191 e. The second-order valence-corrected chi connectivity index (χ2v) is 6.10. The van der Waals surface area contributed by atoms with Crippen LogP contribution in [-0.2, 0) is 11.2 Å². The van der Waals surface area contributed by atoms with Crippen molar-refractivity contribution in [2.45, 2.75) is 50.9 Å². The van der Waals surface area contributed by atoms with E-state index in [1.54, 1.807) is 0 Å². The van der Waals surface area contributed by atoms with Crippen LogP contribution in [0.25, 0.3) is 0 Å². The SMILES string of the molecule is CN=C(NCCc1ccc(C)cc1)NC1CC2CCC1O2. The molecule has 2 bridgehead atoms. The summed E-state index contributed by atoms with van der Waals surface area (Å²) in [7, 11) is 1.83. The summed E-state index contributed by atoms with van der Waals surface area (Å²) in [5, 5.41) is 6.91. The van der Waals surface area contributed by atoms with Gasteiger partial charge in [0.1, 0.15) is 0 Å². The molecule has 114 valence electrons. The number of nitrogens with one attached hydrogen (secondary N) is 2. The van der Waals surface area contributed by atoms with E-state index in [0.29, 0.717) is 18.2 Å². The smallest absolute Gasteiger partial charge is 0.191 e. The molecule has 2 saturated heterocycles. The van der Waals surface area contributed by atoms with Crippen molar-refractivity contribution in [3.05, 3.63) is 35.4 Å². The second-order valence-electron chi connectivity index (χ2n) is 6.10. The van der Waals surface area contributed by atoms with Crippen molar-refractivity contribution in [1.29, 1.82) is 0 Å². The Balaban J connectivity index is 1.44. The summed E-state index contributed by atoms with van der Waals surface area (Å²) in [5.74, 6) is 0.892. The number of guanidine groups is 1. The Morgan fingerprint density at radius 1 is 1.29 bits per heavy atom. The van der Waals surface area contributed by atoms with E-state index in [1.807, 2.05) is 7.05 Å². The maximum absolute atomic E-state index is 5.87. The molecule has 0 radical (unpaired) electrons. The molecule has 2 heterocycles. The minimum absolute atomic E-state index is 0.380. The predicted molar refractivity (Wildman–Crippen MR) is 85.7 cm³/mol. The lowest BCUT2D eigenvalue weighted by molar-refractivity contribution is 0.0992. The molecule has 1 aromatic rings. The fraction of sp³-hybridized carbons (Fsp3) is 0.588. The molecular formula is C17H25N3O. The molecule has 0 aliphatic carbocycles. The van der Waals surface area contributed by atoms with Crippen LogP contribution in [0.1, 0.15) is 30.4 Å². The van der Waals surface area contributed by atoms with Gasteiger partial charge in [-0.1, -0.05) is 29.8 Å². The number of nitrogens with zero attached hydrogens (tertiary/aromatic N) is 1. The monoisotopic (exact) mass is 287 g/mol. The van der Waals surface area contributed by atoms with E-state index in [0.717, 1.165) is 25.3 Å². The highest BCUT2D eigenvalue weighted by Gasteiger charge is 2.40. The molecule has 4 heteroatoms. The van der Waals surface area contributed by atoms with Crippen LogP contribution in [0.4, 0.5) is 0 Å². The Morgan fingerprint density at radius 2 is 2.10 bits per heavy atom. The number of rotatable bonds is 4. The van der Waals surface area contributed by atoms with E-state index >= 15 is 0 Å². The van der Waals surface area contributed by atoms with Crippen molar-refractivity contribution >= 4 is 5.96 Å². The van der Waals surface area contributed by atoms with Gasteiger partial charge >= 0.3 is 0 Å².